The first-order valence-electron chi connectivity index (χ1n) is 9.39. The largest absolute Gasteiger partial charge is 0.356 e. The Kier molecular flexibility index (Phi) is 7.15. The first-order valence-corrected chi connectivity index (χ1v) is 10.5. The van der Waals surface area contributed by atoms with E-state index in [-0.39, 0.29) is 11.2 Å². The van der Waals surface area contributed by atoms with Gasteiger partial charge in [-0.2, -0.15) is 0 Å². The van der Waals surface area contributed by atoms with Crippen LogP contribution in [0.4, 0.5) is 5.69 Å². The molecule has 0 spiro atoms. The van der Waals surface area contributed by atoms with Gasteiger partial charge in [0.1, 0.15) is 11.9 Å². The summed E-state index contributed by atoms with van der Waals surface area (Å²) < 4.78 is 1.26. The van der Waals surface area contributed by atoms with Crippen molar-refractivity contribution in [2.24, 2.45) is 7.05 Å². The van der Waals surface area contributed by atoms with Crippen LogP contribution in [0, 0.1) is 6.92 Å². The number of anilines is 1. The Balaban J connectivity index is 1.86. The lowest BCUT2D eigenvalue weighted by molar-refractivity contribution is -0.116. The third-order valence-electron chi connectivity index (χ3n) is 4.68. The first-order chi connectivity index (χ1) is 14.7. The summed E-state index contributed by atoms with van der Waals surface area (Å²) in [5, 5.41) is 5.51. The van der Waals surface area contributed by atoms with Crippen molar-refractivity contribution in [2.45, 2.75) is 16.9 Å². The van der Waals surface area contributed by atoms with Crippen LogP contribution < -0.4 is 16.2 Å². The standard InChI is InChI=1S/C22H21Cl3N4O2/c1-15-19(20(31)29(28(15)2)17-11-7-4-8-12-17)27-21(22(23,24)25)26-18(30)14-13-16-9-5-3-6-10-16/h3-14,21,27H,1-2H3,(H,26,30). The monoisotopic (exact) mass is 478 g/mol. The lowest BCUT2D eigenvalue weighted by Crippen LogP contribution is -2.49. The van der Waals surface area contributed by atoms with E-state index in [1.807, 2.05) is 60.7 Å². The topological polar surface area (TPSA) is 68.1 Å². The molecule has 0 radical (unpaired) electrons. The number of rotatable bonds is 6. The first kappa shape index (κ1) is 23.0. The second-order valence-electron chi connectivity index (χ2n) is 6.81. The van der Waals surface area contributed by atoms with Gasteiger partial charge in [0.15, 0.2) is 0 Å². The van der Waals surface area contributed by atoms with Gasteiger partial charge >= 0.3 is 0 Å². The number of nitrogens with zero attached hydrogens (tertiary/aromatic N) is 2. The number of benzene rings is 2. The van der Waals surface area contributed by atoms with E-state index in [0.29, 0.717) is 11.4 Å². The number of amides is 1. The average molecular weight is 480 g/mol. The molecule has 0 saturated heterocycles. The quantitative estimate of drug-likeness (QED) is 0.312. The Labute approximate surface area is 195 Å². The number of hydrogen-bond acceptors (Lipinski definition) is 3. The van der Waals surface area contributed by atoms with Crippen LogP contribution in [-0.2, 0) is 11.8 Å². The maximum Gasteiger partial charge on any atom is 0.295 e. The number of carbonyl (C=O) groups is 1. The fraction of sp³-hybridized carbons (Fsp3) is 0.182. The van der Waals surface area contributed by atoms with E-state index >= 15 is 0 Å². The predicted octanol–water partition coefficient (Wildman–Crippen LogP) is 4.42. The number of alkyl halides is 3. The van der Waals surface area contributed by atoms with Gasteiger partial charge < -0.3 is 10.6 Å². The molecule has 1 amide bonds. The highest BCUT2D eigenvalue weighted by Crippen LogP contribution is 2.31. The van der Waals surface area contributed by atoms with Crippen LogP contribution in [0.2, 0.25) is 0 Å². The van der Waals surface area contributed by atoms with E-state index in [9.17, 15) is 9.59 Å². The van der Waals surface area contributed by atoms with Crippen LogP contribution in [0.15, 0.2) is 71.5 Å². The summed E-state index contributed by atoms with van der Waals surface area (Å²) in [6, 6.07) is 18.5. The number of aromatic nitrogens is 2. The van der Waals surface area contributed by atoms with Gasteiger partial charge in [-0.15, -0.1) is 0 Å². The van der Waals surface area contributed by atoms with Crippen LogP contribution in [0.5, 0.6) is 0 Å². The molecule has 6 nitrogen and oxygen atoms in total. The highest BCUT2D eigenvalue weighted by molar-refractivity contribution is 6.68. The number of carbonyl (C=O) groups excluding carboxylic acids is 1. The van der Waals surface area contributed by atoms with Crippen molar-refractivity contribution in [2.75, 3.05) is 5.32 Å². The molecule has 162 valence electrons. The molecule has 0 fully saturated rings. The molecule has 0 saturated carbocycles. The van der Waals surface area contributed by atoms with E-state index < -0.39 is 15.9 Å². The fourth-order valence-electron chi connectivity index (χ4n) is 3.01. The highest BCUT2D eigenvalue weighted by atomic mass is 35.6. The van der Waals surface area contributed by atoms with Gasteiger partial charge in [0, 0.05) is 13.1 Å². The summed E-state index contributed by atoms with van der Waals surface area (Å²) >= 11 is 18.3. The van der Waals surface area contributed by atoms with Crippen LogP contribution in [0.1, 0.15) is 11.3 Å². The Morgan fingerprint density at radius 1 is 1.03 bits per heavy atom. The van der Waals surface area contributed by atoms with Crippen LogP contribution in [0.25, 0.3) is 11.8 Å². The lowest BCUT2D eigenvalue weighted by atomic mass is 10.2. The van der Waals surface area contributed by atoms with Crippen molar-refractivity contribution in [3.8, 4) is 5.69 Å². The minimum atomic E-state index is -1.91. The Hall–Kier alpha value is -2.67. The molecule has 1 aromatic heterocycles. The summed E-state index contributed by atoms with van der Waals surface area (Å²) in [5.74, 6) is -0.482. The van der Waals surface area contributed by atoms with Crippen LogP contribution in [0.3, 0.4) is 0 Å². The van der Waals surface area contributed by atoms with Gasteiger partial charge in [0.05, 0.1) is 11.4 Å². The van der Waals surface area contributed by atoms with Crippen LogP contribution >= 0.6 is 34.8 Å². The van der Waals surface area contributed by atoms with E-state index in [1.54, 1.807) is 24.7 Å². The zero-order chi connectivity index (χ0) is 22.6. The van der Waals surface area contributed by atoms with Gasteiger partial charge in [-0.1, -0.05) is 83.3 Å². The number of hydrogen-bond donors (Lipinski definition) is 2. The maximum absolute atomic E-state index is 13.1. The number of halogens is 3. The molecule has 0 aliphatic rings. The molecule has 1 unspecified atom stereocenters. The summed E-state index contributed by atoms with van der Waals surface area (Å²) in [6.07, 6.45) is 1.82. The van der Waals surface area contributed by atoms with Crippen molar-refractivity contribution in [1.29, 1.82) is 0 Å². The maximum atomic E-state index is 13.1. The molecular weight excluding hydrogens is 459 g/mol. The zero-order valence-electron chi connectivity index (χ0n) is 16.9. The average Bonchev–Trinajstić information content (AvgIpc) is 2.95. The Morgan fingerprint density at radius 3 is 2.19 bits per heavy atom. The molecule has 1 heterocycles. The molecular formula is C22H21Cl3N4O2. The van der Waals surface area contributed by atoms with Gasteiger partial charge in [0.2, 0.25) is 9.70 Å². The number of para-hydroxylation sites is 1. The highest BCUT2D eigenvalue weighted by Gasteiger charge is 2.35. The molecule has 2 aromatic carbocycles. The smallest absolute Gasteiger partial charge is 0.295 e. The van der Waals surface area contributed by atoms with Crippen molar-refractivity contribution < 1.29 is 4.79 Å². The molecule has 9 heteroatoms. The molecule has 31 heavy (non-hydrogen) atoms. The van der Waals surface area contributed by atoms with Crippen molar-refractivity contribution in [1.82, 2.24) is 14.7 Å². The Bertz CT molecular complexity index is 1130. The second-order valence-corrected chi connectivity index (χ2v) is 9.18. The molecule has 1 atom stereocenters. The third-order valence-corrected chi connectivity index (χ3v) is 5.34. The Morgan fingerprint density at radius 2 is 1.61 bits per heavy atom. The van der Waals surface area contributed by atoms with E-state index in [2.05, 4.69) is 10.6 Å². The van der Waals surface area contributed by atoms with Crippen molar-refractivity contribution in [3.05, 3.63) is 88.4 Å². The number of nitrogens with one attached hydrogen (secondary N) is 2. The summed E-state index contributed by atoms with van der Waals surface area (Å²) in [7, 11) is 1.75. The van der Waals surface area contributed by atoms with E-state index in [4.69, 9.17) is 34.8 Å². The molecule has 3 rings (SSSR count). The molecule has 0 aliphatic carbocycles. The molecule has 0 bridgehead atoms. The molecule has 2 N–H and O–H groups in total. The minimum absolute atomic E-state index is 0.218. The molecule has 0 aliphatic heterocycles. The van der Waals surface area contributed by atoms with Crippen molar-refractivity contribution >= 4 is 52.5 Å². The fourth-order valence-corrected chi connectivity index (χ4v) is 3.33. The molecule has 3 aromatic rings. The lowest BCUT2D eigenvalue weighted by Gasteiger charge is -2.26. The summed E-state index contributed by atoms with van der Waals surface area (Å²) in [5.41, 5.74) is 2.03. The van der Waals surface area contributed by atoms with Gasteiger partial charge in [-0.25, -0.2) is 4.68 Å². The van der Waals surface area contributed by atoms with Gasteiger partial charge in [-0.05, 0) is 30.7 Å². The van der Waals surface area contributed by atoms with E-state index in [0.717, 1.165) is 5.56 Å². The van der Waals surface area contributed by atoms with Crippen LogP contribution in [-0.4, -0.2) is 25.2 Å². The SMILES string of the molecule is Cc1c(NC(NC(=O)C=Cc2ccccc2)C(Cl)(Cl)Cl)c(=O)n(-c2ccccc2)n1C. The van der Waals surface area contributed by atoms with Crippen molar-refractivity contribution in [3.63, 3.8) is 0 Å². The normalized spacial score (nSPS) is 12.7. The summed E-state index contributed by atoms with van der Waals surface area (Å²) in [6.45, 7) is 1.76. The predicted molar refractivity (Wildman–Crippen MR) is 127 cm³/mol. The summed E-state index contributed by atoms with van der Waals surface area (Å²) in [4.78, 5) is 25.5. The zero-order valence-corrected chi connectivity index (χ0v) is 19.1. The van der Waals surface area contributed by atoms with Gasteiger partial charge in [-0.3, -0.25) is 14.3 Å². The van der Waals surface area contributed by atoms with Gasteiger partial charge in [0.25, 0.3) is 5.56 Å². The second kappa shape index (κ2) is 9.64. The van der Waals surface area contributed by atoms with E-state index in [1.165, 1.54) is 10.8 Å². The minimum Gasteiger partial charge on any atom is -0.356 e. The third kappa shape index (κ3) is 5.53.